The summed E-state index contributed by atoms with van der Waals surface area (Å²) in [5.74, 6) is 1.09. The molecule has 5 nitrogen and oxygen atoms in total. The summed E-state index contributed by atoms with van der Waals surface area (Å²) in [6, 6.07) is 8.34. The first kappa shape index (κ1) is 15.1. The van der Waals surface area contributed by atoms with Crippen molar-refractivity contribution >= 4 is 17.7 Å². The van der Waals surface area contributed by atoms with E-state index in [1.165, 1.54) is 24.6 Å². The molecule has 1 N–H and O–H groups in total. The number of para-hydroxylation sites is 1. The smallest absolute Gasteiger partial charge is 0.230 e. The molecule has 2 aromatic rings. The molecule has 3 rings (SSSR count). The fraction of sp³-hybridized carbons (Fsp3) is 0.438. The van der Waals surface area contributed by atoms with E-state index in [2.05, 4.69) is 22.4 Å². The molecule has 1 saturated carbocycles. The summed E-state index contributed by atoms with van der Waals surface area (Å²) >= 11 is 1.42. The van der Waals surface area contributed by atoms with Crippen LogP contribution in [0.5, 0.6) is 0 Å². The van der Waals surface area contributed by atoms with Gasteiger partial charge in [0.05, 0.1) is 11.4 Å². The summed E-state index contributed by atoms with van der Waals surface area (Å²) < 4.78 is 1.93. The highest BCUT2D eigenvalue weighted by Gasteiger charge is 2.28. The number of hydrogen-bond donors (Lipinski definition) is 1. The van der Waals surface area contributed by atoms with Gasteiger partial charge in [0.2, 0.25) is 5.91 Å². The topological polar surface area (TPSA) is 59.8 Å². The van der Waals surface area contributed by atoms with Crippen LogP contribution in [0.2, 0.25) is 0 Å². The number of benzene rings is 1. The molecule has 0 aliphatic heterocycles. The van der Waals surface area contributed by atoms with Gasteiger partial charge >= 0.3 is 0 Å². The van der Waals surface area contributed by atoms with Crippen LogP contribution in [0.3, 0.4) is 0 Å². The Morgan fingerprint density at radius 2 is 2.23 bits per heavy atom. The number of hydrogen-bond acceptors (Lipinski definition) is 4. The van der Waals surface area contributed by atoms with Gasteiger partial charge in [-0.1, -0.05) is 30.0 Å². The molecule has 0 saturated heterocycles. The molecule has 6 heteroatoms. The van der Waals surface area contributed by atoms with Crippen molar-refractivity contribution in [3.8, 4) is 5.69 Å². The number of nitrogens with zero attached hydrogens (tertiary/aromatic N) is 3. The van der Waals surface area contributed by atoms with Gasteiger partial charge in [-0.2, -0.15) is 0 Å². The van der Waals surface area contributed by atoms with Crippen molar-refractivity contribution in [1.82, 2.24) is 20.1 Å². The lowest BCUT2D eigenvalue weighted by molar-refractivity contribution is -0.119. The second kappa shape index (κ2) is 6.52. The fourth-order valence-corrected chi connectivity index (χ4v) is 3.19. The van der Waals surface area contributed by atoms with Crippen molar-refractivity contribution in [2.24, 2.45) is 5.92 Å². The van der Waals surface area contributed by atoms with Crippen LogP contribution < -0.4 is 5.32 Å². The van der Waals surface area contributed by atoms with Gasteiger partial charge in [0, 0.05) is 6.04 Å². The van der Waals surface area contributed by atoms with E-state index in [-0.39, 0.29) is 11.9 Å². The van der Waals surface area contributed by atoms with Crippen LogP contribution in [0.1, 0.15) is 25.3 Å². The number of amides is 1. The summed E-state index contributed by atoms with van der Waals surface area (Å²) in [6.07, 6.45) is 4.15. The Morgan fingerprint density at radius 3 is 2.95 bits per heavy atom. The van der Waals surface area contributed by atoms with E-state index in [0.717, 1.165) is 16.4 Å². The monoisotopic (exact) mass is 316 g/mol. The second-order valence-corrected chi connectivity index (χ2v) is 6.69. The summed E-state index contributed by atoms with van der Waals surface area (Å²) in [4.78, 5) is 12.0. The molecule has 1 fully saturated rings. The Balaban J connectivity index is 1.63. The first-order chi connectivity index (χ1) is 10.6. The minimum Gasteiger partial charge on any atom is -0.353 e. The van der Waals surface area contributed by atoms with E-state index in [1.54, 1.807) is 6.33 Å². The fourth-order valence-electron chi connectivity index (χ4n) is 2.46. The second-order valence-electron chi connectivity index (χ2n) is 5.75. The van der Waals surface area contributed by atoms with E-state index in [4.69, 9.17) is 0 Å². The van der Waals surface area contributed by atoms with Gasteiger partial charge < -0.3 is 5.32 Å². The Kier molecular flexibility index (Phi) is 4.47. The molecular formula is C16H20N4OS. The zero-order valence-corrected chi connectivity index (χ0v) is 13.6. The van der Waals surface area contributed by atoms with Crippen LogP contribution in [0, 0.1) is 12.8 Å². The maximum absolute atomic E-state index is 12.0. The third kappa shape index (κ3) is 3.50. The first-order valence-electron chi connectivity index (χ1n) is 7.53. The van der Waals surface area contributed by atoms with E-state index in [0.29, 0.717) is 11.7 Å². The van der Waals surface area contributed by atoms with Crippen LogP contribution in [-0.2, 0) is 4.79 Å². The van der Waals surface area contributed by atoms with Crippen molar-refractivity contribution in [1.29, 1.82) is 0 Å². The summed E-state index contributed by atoms with van der Waals surface area (Å²) in [5.41, 5.74) is 2.19. The molecule has 116 valence electrons. The average Bonchev–Trinajstić information content (AvgIpc) is 3.25. The molecule has 0 bridgehead atoms. The number of aryl methyl sites for hydroxylation is 1. The molecule has 1 heterocycles. The molecule has 0 radical (unpaired) electrons. The lowest BCUT2D eigenvalue weighted by Gasteiger charge is -2.12. The van der Waals surface area contributed by atoms with Gasteiger partial charge in [-0.05, 0) is 44.2 Å². The number of aromatic nitrogens is 3. The molecule has 0 spiro atoms. The summed E-state index contributed by atoms with van der Waals surface area (Å²) in [7, 11) is 0. The number of rotatable bonds is 6. The Morgan fingerprint density at radius 1 is 1.45 bits per heavy atom. The van der Waals surface area contributed by atoms with E-state index in [1.807, 2.05) is 35.8 Å². The molecule has 22 heavy (non-hydrogen) atoms. The lowest BCUT2D eigenvalue weighted by Crippen LogP contribution is -2.35. The molecule has 1 unspecified atom stereocenters. The lowest BCUT2D eigenvalue weighted by atomic mass is 10.2. The van der Waals surface area contributed by atoms with Crippen LogP contribution >= 0.6 is 11.8 Å². The van der Waals surface area contributed by atoms with Crippen LogP contribution in [0.4, 0.5) is 0 Å². The highest BCUT2D eigenvalue weighted by Crippen LogP contribution is 2.32. The van der Waals surface area contributed by atoms with Gasteiger partial charge in [-0.3, -0.25) is 9.36 Å². The molecule has 1 aromatic carbocycles. The minimum absolute atomic E-state index is 0.0590. The third-order valence-electron chi connectivity index (χ3n) is 3.94. The van der Waals surface area contributed by atoms with Gasteiger partial charge in [-0.15, -0.1) is 10.2 Å². The summed E-state index contributed by atoms with van der Waals surface area (Å²) in [5, 5.41) is 11.9. The van der Waals surface area contributed by atoms with Gasteiger partial charge in [0.15, 0.2) is 5.16 Å². The predicted molar refractivity (Wildman–Crippen MR) is 87.1 cm³/mol. The molecule has 1 aliphatic carbocycles. The number of thioether (sulfide) groups is 1. The SMILES string of the molecule is Cc1ccccc1-n1cnnc1SCC(=O)NC(C)C1CC1. The van der Waals surface area contributed by atoms with Crippen molar-refractivity contribution in [2.45, 2.75) is 37.9 Å². The molecule has 1 atom stereocenters. The highest BCUT2D eigenvalue weighted by molar-refractivity contribution is 7.99. The van der Waals surface area contributed by atoms with Crippen molar-refractivity contribution in [3.05, 3.63) is 36.2 Å². The number of carbonyl (C=O) groups is 1. The van der Waals surface area contributed by atoms with Crippen LogP contribution in [-0.4, -0.2) is 32.5 Å². The Hall–Kier alpha value is -1.82. The first-order valence-corrected chi connectivity index (χ1v) is 8.52. The predicted octanol–water partition coefficient (Wildman–Crippen LogP) is 2.58. The largest absolute Gasteiger partial charge is 0.353 e. The quantitative estimate of drug-likeness (QED) is 0.832. The van der Waals surface area contributed by atoms with E-state index < -0.39 is 0 Å². The van der Waals surface area contributed by atoms with Gasteiger partial charge in [0.1, 0.15) is 6.33 Å². The zero-order chi connectivity index (χ0) is 15.5. The third-order valence-corrected chi connectivity index (χ3v) is 4.88. The molecule has 1 aliphatic rings. The van der Waals surface area contributed by atoms with Gasteiger partial charge in [-0.25, -0.2) is 0 Å². The van der Waals surface area contributed by atoms with Crippen LogP contribution in [0.25, 0.3) is 5.69 Å². The molecule has 1 amide bonds. The number of nitrogens with one attached hydrogen (secondary N) is 1. The maximum Gasteiger partial charge on any atom is 0.230 e. The van der Waals surface area contributed by atoms with E-state index >= 15 is 0 Å². The molecular weight excluding hydrogens is 296 g/mol. The van der Waals surface area contributed by atoms with Crippen molar-refractivity contribution < 1.29 is 4.79 Å². The Labute approximate surface area is 134 Å². The molecule has 1 aromatic heterocycles. The standard InChI is InChI=1S/C16H20N4OS/c1-11-5-3-4-6-14(11)20-10-17-19-16(20)22-9-15(21)18-12(2)13-7-8-13/h3-6,10,12-13H,7-9H2,1-2H3,(H,18,21). The highest BCUT2D eigenvalue weighted by atomic mass is 32.2. The van der Waals surface area contributed by atoms with Crippen molar-refractivity contribution in [3.63, 3.8) is 0 Å². The van der Waals surface area contributed by atoms with Gasteiger partial charge in [0.25, 0.3) is 0 Å². The van der Waals surface area contributed by atoms with Crippen molar-refractivity contribution in [2.75, 3.05) is 5.75 Å². The number of carbonyl (C=O) groups excluding carboxylic acids is 1. The maximum atomic E-state index is 12.0. The Bertz CT molecular complexity index is 666. The minimum atomic E-state index is 0.0590. The van der Waals surface area contributed by atoms with E-state index in [9.17, 15) is 4.79 Å². The summed E-state index contributed by atoms with van der Waals surface area (Å²) in [6.45, 7) is 4.13. The average molecular weight is 316 g/mol. The normalized spacial score (nSPS) is 15.5. The zero-order valence-electron chi connectivity index (χ0n) is 12.8. The van der Waals surface area contributed by atoms with Crippen LogP contribution in [0.15, 0.2) is 35.7 Å².